The smallest absolute Gasteiger partial charge is 0.158 e. The Balaban J connectivity index is 1.46. The van der Waals surface area contributed by atoms with Gasteiger partial charge in [-0.1, -0.05) is 0 Å². The second kappa shape index (κ2) is 7.28. The molecule has 0 aromatic carbocycles. The molecule has 0 aliphatic carbocycles. The summed E-state index contributed by atoms with van der Waals surface area (Å²) in [5, 5.41) is 17.7. The van der Waals surface area contributed by atoms with Crippen molar-refractivity contribution in [1.82, 2.24) is 24.7 Å². The van der Waals surface area contributed by atoms with Crippen LogP contribution in [0.3, 0.4) is 0 Å². The van der Waals surface area contributed by atoms with Crippen LogP contribution in [0.4, 0.5) is 5.82 Å². The van der Waals surface area contributed by atoms with Crippen LogP contribution in [-0.4, -0.2) is 56.1 Å². The summed E-state index contributed by atoms with van der Waals surface area (Å²) in [5.41, 5.74) is 1.10. The van der Waals surface area contributed by atoms with E-state index >= 15 is 0 Å². The number of aryl methyl sites for hydroxylation is 1. The highest BCUT2D eigenvalue weighted by molar-refractivity contribution is 5.41. The molecule has 0 unspecified atom stereocenters. The Morgan fingerprint density at radius 1 is 1.15 bits per heavy atom. The summed E-state index contributed by atoms with van der Waals surface area (Å²) in [6, 6.07) is 2.14. The highest BCUT2D eigenvalue weighted by atomic mass is 16.5. The van der Waals surface area contributed by atoms with Crippen molar-refractivity contribution in [1.29, 1.82) is 0 Å². The first-order valence-corrected chi connectivity index (χ1v) is 9.33. The first-order chi connectivity index (χ1) is 12.7. The minimum Gasteiger partial charge on any atom is -0.388 e. The number of aromatic nitrogens is 5. The predicted molar refractivity (Wildman–Crippen MR) is 96.1 cm³/mol. The first kappa shape index (κ1) is 17.4. The van der Waals surface area contributed by atoms with Gasteiger partial charge in [0.05, 0.1) is 12.3 Å². The Hall–Kier alpha value is -2.06. The lowest BCUT2D eigenvalue weighted by Crippen LogP contribution is -2.34. The largest absolute Gasteiger partial charge is 0.388 e. The Kier molecular flexibility index (Phi) is 4.86. The summed E-state index contributed by atoms with van der Waals surface area (Å²) in [7, 11) is 1.93. The maximum atomic E-state index is 9.31. The minimum absolute atomic E-state index is 0.0732. The zero-order valence-electron chi connectivity index (χ0n) is 15.4. The number of ether oxygens (including phenoxy) is 1. The number of anilines is 1. The van der Waals surface area contributed by atoms with E-state index in [1.807, 2.05) is 18.5 Å². The molecule has 2 aromatic rings. The predicted octanol–water partition coefficient (Wildman–Crippen LogP) is 1.29. The molecular weight excluding hydrogens is 332 g/mol. The molecule has 0 bridgehead atoms. The normalized spacial score (nSPS) is 21.5. The molecule has 4 heterocycles. The van der Waals surface area contributed by atoms with E-state index in [1.165, 1.54) is 0 Å². The van der Waals surface area contributed by atoms with E-state index in [-0.39, 0.29) is 6.61 Å². The van der Waals surface area contributed by atoms with E-state index in [2.05, 4.69) is 31.1 Å². The van der Waals surface area contributed by atoms with Gasteiger partial charge in [-0.15, -0.1) is 10.2 Å². The number of nitrogens with zero attached hydrogens (tertiary/aromatic N) is 6. The third kappa shape index (κ3) is 3.31. The van der Waals surface area contributed by atoms with E-state index < -0.39 is 0 Å². The fraction of sp³-hybridized carbons (Fsp3) is 0.667. The van der Waals surface area contributed by atoms with Gasteiger partial charge in [0.2, 0.25) is 0 Å². The number of piperidine rings is 1. The summed E-state index contributed by atoms with van der Waals surface area (Å²) >= 11 is 0. The molecule has 0 saturated carbocycles. The maximum Gasteiger partial charge on any atom is 0.158 e. The molecule has 2 aliphatic rings. The Labute approximate surface area is 153 Å². The van der Waals surface area contributed by atoms with Crippen LogP contribution < -0.4 is 4.90 Å². The Bertz CT molecular complexity index is 763. The summed E-state index contributed by atoms with van der Waals surface area (Å²) in [4.78, 5) is 11.6. The highest BCUT2D eigenvalue weighted by Crippen LogP contribution is 2.31. The fourth-order valence-corrected chi connectivity index (χ4v) is 3.95. The van der Waals surface area contributed by atoms with Crippen LogP contribution in [0.5, 0.6) is 0 Å². The van der Waals surface area contributed by atoms with E-state index in [0.717, 1.165) is 68.7 Å². The Morgan fingerprint density at radius 3 is 2.62 bits per heavy atom. The van der Waals surface area contributed by atoms with Gasteiger partial charge in [-0.05, 0) is 26.2 Å². The van der Waals surface area contributed by atoms with E-state index in [4.69, 9.17) is 4.74 Å². The zero-order chi connectivity index (χ0) is 18.1. The van der Waals surface area contributed by atoms with E-state index in [9.17, 15) is 5.11 Å². The number of hydrogen-bond acceptors (Lipinski definition) is 7. The van der Waals surface area contributed by atoms with Crippen LogP contribution >= 0.6 is 0 Å². The monoisotopic (exact) mass is 358 g/mol. The van der Waals surface area contributed by atoms with Gasteiger partial charge >= 0.3 is 0 Å². The topological polar surface area (TPSA) is 89.2 Å². The number of hydrogen-bond donors (Lipinski definition) is 1. The summed E-state index contributed by atoms with van der Waals surface area (Å²) in [6.07, 6.45) is 3.04. The molecular formula is C18H26N6O2. The van der Waals surface area contributed by atoms with Crippen LogP contribution in [0, 0.1) is 6.92 Å². The molecule has 0 amide bonds. The fourth-order valence-electron chi connectivity index (χ4n) is 3.95. The second-order valence-corrected chi connectivity index (χ2v) is 7.21. The van der Waals surface area contributed by atoms with Crippen LogP contribution in [-0.2, 0) is 18.4 Å². The lowest BCUT2D eigenvalue weighted by molar-refractivity contribution is 0.193. The molecule has 2 aromatic heterocycles. The van der Waals surface area contributed by atoms with Crippen molar-refractivity contribution in [3.05, 3.63) is 29.2 Å². The van der Waals surface area contributed by atoms with Gasteiger partial charge in [-0.25, -0.2) is 9.97 Å². The molecule has 4 rings (SSSR count). The lowest BCUT2D eigenvalue weighted by Gasteiger charge is -2.32. The van der Waals surface area contributed by atoms with Crippen LogP contribution in [0.1, 0.15) is 54.3 Å². The van der Waals surface area contributed by atoms with Crippen molar-refractivity contribution in [2.45, 2.75) is 44.6 Å². The molecule has 8 nitrogen and oxygen atoms in total. The van der Waals surface area contributed by atoms with E-state index in [0.29, 0.717) is 17.7 Å². The van der Waals surface area contributed by atoms with Gasteiger partial charge in [0.1, 0.15) is 24.1 Å². The molecule has 1 N–H and O–H groups in total. The molecule has 140 valence electrons. The first-order valence-electron chi connectivity index (χ1n) is 9.33. The molecule has 0 radical (unpaired) electrons. The molecule has 26 heavy (non-hydrogen) atoms. The molecule has 1 atom stereocenters. The SMILES string of the molecule is Cc1nc([C@@H]2CCOC2)cc(N2CCC(c3nnc(CO)n3C)CC2)n1. The van der Waals surface area contributed by atoms with Gasteiger partial charge in [0.15, 0.2) is 5.82 Å². The molecule has 2 aliphatic heterocycles. The Morgan fingerprint density at radius 2 is 1.96 bits per heavy atom. The van der Waals surface area contributed by atoms with Crippen LogP contribution in [0.25, 0.3) is 0 Å². The summed E-state index contributed by atoms with van der Waals surface area (Å²) < 4.78 is 7.44. The van der Waals surface area contributed by atoms with Crippen molar-refractivity contribution in [3.63, 3.8) is 0 Å². The van der Waals surface area contributed by atoms with Crippen LogP contribution in [0.15, 0.2) is 6.07 Å². The highest BCUT2D eigenvalue weighted by Gasteiger charge is 2.27. The van der Waals surface area contributed by atoms with Gasteiger partial charge in [-0.3, -0.25) is 0 Å². The molecule has 8 heteroatoms. The minimum atomic E-state index is -0.0732. The number of aliphatic hydroxyl groups is 1. The molecule has 2 saturated heterocycles. The van der Waals surface area contributed by atoms with Crippen molar-refractivity contribution >= 4 is 5.82 Å². The number of rotatable bonds is 4. The molecule has 0 spiro atoms. The average Bonchev–Trinajstić information content (AvgIpc) is 3.31. The van der Waals surface area contributed by atoms with Gasteiger partial charge in [0, 0.05) is 44.6 Å². The standard InChI is InChI=1S/C18H26N6O2/c1-12-19-15(14-5-8-26-11-14)9-16(20-12)24-6-3-13(4-7-24)18-22-21-17(10-25)23(18)2/h9,13-14,25H,3-8,10-11H2,1-2H3/t14-/m1/s1. The summed E-state index contributed by atoms with van der Waals surface area (Å²) in [6.45, 7) is 5.34. The quantitative estimate of drug-likeness (QED) is 0.881. The van der Waals surface area contributed by atoms with Crippen molar-refractivity contribution in [2.24, 2.45) is 7.05 Å². The van der Waals surface area contributed by atoms with Crippen molar-refractivity contribution < 1.29 is 9.84 Å². The van der Waals surface area contributed by atoms with Gasteiger partial charge in [-0.2, -0.15) is 0 Å². The second-order valence-electron chi connectivity index (χ2n) is 7.21. The lowest BCUT2D eigenvalue weighted by atomic mass is 9.95. The van der Waals surface area contributed by atoms with Gasteiger partial charge < -0.3 is 19.3 Å². The average molecular weight is 358 g/mol. The third-order valence-corrected chi connectivity index (χ3v) is 5.52. The maximum absolute atomic E-state index is 9.31. The van der Waals surface area contributed by atoms with Crippen LogP contribution in [0.2, 0.25) is 0 Å². The van der Waals surface area contributed by atoms with Crippen molar-refractivity contribution in [3.8, 4) is 0 Å². The molecule has 2 fully saturated rings. The zero-order valence-corrected chi connectivity index (χ0v) is 15.4. The summed E-state index contributed by atoms with van der Waals surface area (Å²) in [5.74, 6) is 4.20. The van der Waals surface area contributed by atoms with Gasteiger partial charge in [0.25, 0.3) is 0 Å². The van der Waals surface area contributed by atoms with Crippen molar-refractivity contribution in [2.75, 3.05) is 31.2 Å². The number of aliphatic hydroxyl groups excluding tert-OH is 1. The third-order valence-electron chi connectivity index (χ3n) is 5.52. The van der Waals surface area contributed by atoms with E-state index in [1.54, 1.807) is 0 Å².